The van der Waals surface area contributed by atoms with Gasteiger partial charge in [-0.2, -0.15) is 4.98 Å². The van der Waals surface area contributed by atoms with Gasteiger partial charge in [-0.25, -0.2) is 0 Å². The van der Waals surface area contributed by atoms with E-state index in [0.29, 0.717) is 23.2 Å². The second kappa shape index (κ2) is 7.00. The molecule has 7 heteroatoms. The Morgan fingerprint density at radius 2 is 2.00 bits per heavy atom. The molecule has 0 aliphatic heterocycles. The van der Waals surface area contributed by atoms with Crippen molar-refractivity contribution in [3.63, 3.8) is 0 Å². The zero-order valence-electron chi connectivity index (χ0n) is 13.7. The Kier molecular flexibility index (Phi) is 4.80. The summed E-state index contributed by atoms with van der Waals surface area (Å²) in [5.74, 6) is 1.54. The molecule has 0 unspecified atom stereocenters. The number of aryl methyl sites for hydroxylation is 1. The maximum absolute atomic E-state index is 12.4. The fraction of sp³-hybridized carbons (Fsp3) is 0.471. The molecule has 1 fully saturated rings. The van der Waals surface area contributed by atoms with Crippen LogP contribution in [0.3, 0.4) is 0 Å². The summed E-state index contributed by atoms with van der Waals surface area (Å²) in [6.45, 7) is 1.96. The first kappa shape index (κ1) is 16.4. The van der Waals surface area contributed by atoms with Crippen molar-refractivity contribution in [1.82, 2.24) is 10.1 Å². The highest BCUT2D eigenvalue weighted by Gasteiger charge is 2.35. The van der Waals surface area contributed by atoms with Gasteiger partial charge in [0.15, 0.2) is 12.4 Å². The first-order chi connectivity index (χ1) is 11.5. The molecule has 1 aliphatic rings. The summed E-state index contributed by atoms with van der Waals surface area (Å²) >= 11 is 0. The van der Waals surface area contributed by atoms with Gasteiger partial charge in [-0.05, 0) is 44.0 Å². The summed E-state index contributed by atoms with van der Waals surface area (Å²) < 4.78 is 10.6. The predicted octanol–water partition coefficient (Wildman–Crippen LogP) is 2.56. The number of anilines is 1. The minimum atomic E-state index is -0.747. The van der Waals surface area contributed by atoms with Gasteiger partial charge >= 0.3 is 0 Å². The molecule has 3 N–H and O–H groups in total. The molecule has 2 aromatic rings. The van der Waals surface area contributed by atoms with E-state index >= 15 is 0 Å². The van der Waals surface area contributed by atoms with E-state index in [1.54, 1.807) is 31.2 Å². The molecule has 1 aromatic carbocycles. The summed E-state index contributed by atoms with van der Waals surface area (Å²) in [5.41, 5.74) is 6.19. The van der Waals surface area contributed by atoms with Crippen molar-refractivity contribution in [2.75, 3.05) is 5.32 Å². The van der Waals surface area contributed by atoms with Crippen molar-refractivity contribution in [2.24, 2.45) is 5.73 Å². The first-order valence-electron chi connectivity index (χ1n) is 8.18. The summed E-state index contributed by atoms with van der Waals surface area (Å²) in [7, 11) is 0. The molecule has 0 atom stereocenters. The van der Waals surface area contributed by atoms with E-state index < -0.39 is 5.54 Å². The zero-order chi connectivity index (χ0) is 17.0. The fourth-order valence-electron chi connectivity index (χ4n) is 2.84. The van der Waals surface area contributed by atoms with Crippen LogP contribution in [0.2, 0.25) is 0 Å². The lowest BCUT2D eigenvalue weighted by Gasteiger charge is -2.31. The predicted molar refractivity (Wildman–Crippen MR) is 88.4 cm³/mol. The van der Waals surface area contributed by atoms with E-state index in [-0.39, 0.29) is 12.5 Å². The van der Waals surface area contributed by atoms with Gasteiger partial charge in [0.2, 0.25) is 5.91 Å². The Hall–Kier alpha value is -2.41. The zero-order valence-corrected chi connectivity index (χ0v) is 13.7. The van der Waals surface area contributed by atoms with Gasteiger partial charge < -0.3 is 20.3 Å². The van der Waals surface area contributed by atoms with Crippen molar-refractivity contribution in [2.45, 2.75) is 51.2 Å². The third kappa shape index (κ3) is 3.91. The second-order valence-electron chi connectivity index (χ2n) is 6.22. The number of amides is 1. The Balaban J connectivity index is 1.55. The van der Waals surface area contributed by atoms with Gasteiger partial charge in [-0.15, -0.1) is 0 Å². The van der Waals surface area contributed by atoms with Gasteiger partial charge in [0.25, 0.3) is 5.89 Å². The van der Waals surface area contributed by atoms with Crippen LogP contribution in [0.4, 0.5) is 5.69 Å². The van der Waals surface area contributed by atoms with Crippen molar-refractivity contribution >= 4 is 11.6 Å². The van der Waals surface area contributed by atoms with Crippen molar-refractivity contribution < 1.29 is 14.1 Å². The third-order valence-corrected chi connectivity index (χ3v) is 4.24. The number of ether oxygens (including phenoxy) is 1. The minimum absolute atomic E-state index is 0.114. The number of nitrogens with one attached hydrogen (secondary N) is 1. The van der Waals surface area contributed by atoms with Crippen molar-refractivity contribution in [3.8, 4) is 5.75 Å². The summed E-state index contributed by atoms with van der Waals surface area (Å²) in [4.78, 5) is 16.5. The van der Waals surface area contributed by atoms with Crippen LogP contribution in [0, 0.1) is 6.92 Å². The number of rotatable bonds is 5. The lowest BCUT2D eigenvalue weighted by molar-refractivity contribution is -0.122. The molecule has 1 saturated carbocycles. The fourth-order valence-corrected chi connectivity index (χ4v) is 2.84. The average molecular weight is 330 g/mol. The van der Waals surface area contributed by atoms with Crippen LogP contribution in [0.25, 0.3) is 0 Å². The number of aromatic nitrogens is 2. The number of carbonyl (C=O) groups excluding carboxylic acids is 1. The molecule has 1 aromatic heterocycles. The van der Waals surface area contributed by atoms with Crippen molar-refractivity contribution in [1.29, 1.82) is 0 Å². The Labute approximate surface area is 140 Å². The SMILES string of the molecule is Cc1noc(COc2ccc(NC(=O)C3(N)CCCCC3)cc2)n1. The van der Waals surface area contributed by atoms with E-state index in [2.05, 4.69) is 15.5 Å². The van der Waals surface area contributed by atoms with E-state index in [9.17, 15) is 4.79 Å². The van der Waals surface area contributed by atoms with Gasteiger partial charge in [0.05, 0.1) is 5.54 Å². The Morgan fingerprint density at radius 3 is 2.62 bits per heavy atom. The molecule has 1 heterocycles. The molecule has 0 bridgehead atoms. The number of carbonyl (C=O) groups is 1. The molecular formula is C17H22N4O3. The molecule has 24 heavy (non-hydrogen) atoms. The third-order valence-electron chi connectivity index (χ3n) is 4.24. The lowest BCUT2D eigenvalue weighted by Crippen LogP contribution is -2.52. The van der Waals surface area contributed by atoms with E-state index in [1.165, 1.54) is 0 Å². The highest BCUT2D eigenvalue weighted by Crippen LogP contribution is 2.27. The standard InChI is InChI=1S/C17H22N4O3/c1-12-19-15(24-21-12)11-23-14-7-5-13(6-8-14)20-16(22)17(18)9-3-2-4-10-17/h5-8H,2-4,9-11,18H2,1H3,(H,20,22). The highest BCUT2D eigenvalue weighted by molar-refractivity contribution is 5.98. The van der Waals surface area contributed by atoms with Gasteiger partial charge in [0, 0.05) is 5.69 Å². The van der Waals surface area contributed by atoms with Gasteiger partial charge in [-0.1, -0.05) is 24.4 Å². The largest absolute Gasteiger partial charge is 0.484 e. The Morgan fingerprint density at radius 1 is 1.29 bits per heavy atom. The number of hydrogen-bond acceptors (Lipinski definition) is 6. The second-order valence-corrected chi connectivity index (χ2v) is 6.22. The van der Waals surface area contributed by atoms with Gasteiger partial charge in [-0.3, -0.25) is 4.79 Å². The van der Waals surface area contributed by atoms with Crippen LogP contribution in [0.5, 0.6) is 5.75 Å². The number of benzene rings is 1. The summed E-state index contributed by atoms with van der Waals surface area (Å²) in [6, 6.07) is 7.14. The number of nitrogens with two attached hydrogens (primary N) is 1. The molecule has 3 rings (SSSR count). The number of nitrogens with zero attached hydrogens (tertiary/aromatic N) is 2. The molecular weight excluding hydrogens is 308 g/mol. The molecule has 7 nitrogen and oxygen atoms in total. The van der Waals surface area contributed by atoms with Crippen LogP contribution in [-0.2, 0) is 11.4 Å². The molecule has 1 aliphatic carbocycles. The monoisotopic (exact) mass is 330 g/mol. The maximum Gasteiger partial charge on any atom is 0.264 e. The van der Waals surface area contributed by atoms with Gasteiger partial charge in [0.1, 0.15) is 5.75 Å². The topological polar surface area (TPSA) is 103 Å². The Bertz CT molecular complexity index is 690. The smallest absolute Gasteiger partial charge is 0.264 e. The van der Waals surface area contributed by atoms with Crippen LogP contribution >= 0.6 is 0 Å². The molecule has 0 radical (unpaired) electrons. The first-order valence-corrected chi connectivity index (χ1v) is 8.18. The lowest BCUT2D eigenvalue weighted by atomic mass is 9.82. The molecule has 0 saturated heterocycles. The maximum atomic E-state index is 12.4. The average Bonchev–Trinajstić information content (AvgIpc) is 3.00. The normalized spacial score (nSPS) is 16.6. The van der Waals surface area contributed by atoms with Crippen LogP contribution in [0.1, 0.15) is 43.8 Å². The summed E-state index contributed by atoms with van der Waals surface area (Å²) in [6.07, 6.45) is 4.64. The number of hydrogen-bond donors (Lipinski definition) is 2. The molecule has 0 spiro atoms. The van der Waals surface area contributed by atoms with E-state index in [4.69, 9.17) is 15.0 Å². The van der Waals surface area contributed by atoms with Crippen LogP contribution in [-0.4, -0.2) is 21.6 Å². The van der Waals surface area contributed by atoms with E-state index in [0.717, 1.165) is 32.1 Å². The molecule has 128 valence electrons. The quantitative estimate of drug-likeness (QED) is 0.873. The highest BCUT2D eigenvalue weighted by atomic mass is 16.5. The minimum Gasteiger partial charge on any atom is -0.484 e. The summed E-state index contributed by atoms with van der Waals surface area (Å²) in [5, 5.41) is 6.60. The van der Waals surface area contributed by atoms with Crippen LogP contribution in [0.15, 0.2) is 28.8 Å². The van der Waals surface area contributed by atoms with E-state index in [1.807, 2.05) is 0 Å². The molecule has 1 amide bonds. The van der Waals surface area contributed by atoms with Crippen molar-refractivity contribution in [3.05, 3.63) is 36.0 Å². The van der Waals surface area contributed by atoms with Crippen LogP contribution < -0.4 is 15.8 Å².